The van der Waals surface area contributed by atoms with Gasteiger partial charge < -0.3 is 26.0 Å². The Bertz CT molecular complexity index is 33.4. The van der Waals surface area contributed by atoms with E-state index in [2.05, 4.69) is 0 Å². The van der Waals surface area contributed by atoms with Crippen LogP contribution in [0.15, 0.2) is 0 Å². The molecule has 0 rings (SSSR count). The molecule has 0 saturated carbocycles. The number of hydrogen-bond donors (Lipinski definition) is 0. The first-order chi connectivity index (χ1) is 1.73. The van der Waals surface area contributed by atoms with Gasteiger partial charge in [-0.15, -0.1) is 0 Å². The van der Waals surface area contributed by atoms with Crippen molar-refractivity contribution in [1.82, 2.24) is 0 Å². The smallest absolute Gasteiger partial charge is 0.870 e. The van der Waals surface area contributed by atoms with Crippen molar-refractivity contribution in [2.75, 3.05) is 0 Å². The summed E-state index contributed by atoms with van der Waals surface area (Å²) >= 11 is 0. The minimum Gasteiger partial charge on any atom is -0.870 e. The molecule has 40 valence electrons. The van der Waals surface area contributed by atoms with Crippen molar-refractivity contribution in [3.05, 3.63) is 0 Å². The van der Waals surface area contributed by atoms with Crippen molar-refractivity contribution in [2.45, 2.75) is 0 Å². The van der Waals surface area contributed by atoms with Gasteiger partial charge in [0.15, 0.2) is 0 Å². The van der Waals surface area contributed by atoms with Gasteiger partial charge in [-0.1, -0.05) is 0 Å². The normalized spacial score (nSPS) is 3.00. The van der Waals surface area contributed by atoms with Crippen LogP contribution < -0.4 is 10.2 Å². The molecule has 3 N–H and O–H groups in total. The molecular formula is CH3Mg2O5+. The minimum absolute atomic E-state index is 0. The molecule has 0 saturated heterocycles. The fourth-order valence-electron chi connectivity index (χ4n) is 0. The fraction of sp³-hybridized carbons (Fsp3) is 0. The Kier molecular flexibility index (Phi) is 118. The topological polar surface area (TPSA) is 125 Å². The zero-order valence-corrected chi connectivity index (χ0v) is 6.91. The summed E-state index contributed by atoms with van der Waals surface area (Å²) in [5, 5.41) is 16.7. The van der Waals surface area contributed by atoms with Crippen molar-refractivity contribution in [3.8, 4) is 0 Å². The van der Waals surface area contributed by atoms with E-state index in [0.717, 1.165) is 0 Å². The molecule has 0 aromatic heterocycles. The molecule has 0 spiro atoms. The predicted molar refractivity (Wildman–Crippen MR) is 22.5 cm³/mol. The maximum absolute atomic E-state index is 8.33. The minimum atomic E-state index is -2.33. The van der Waals surface area contributed by atoms with Crippen molar-refractivity contribution >= 4 is 52.3 Å². The molecule has 0 atom stereocenters. The second kappa shape index (κ2) is 25.2. The van der Waals surface area contributed by atoms with Crippen LogP contribution in [0, 0.1) is 0 Å². The predicted octanol–water partition coefficient (Wildman–Crippen LogP) is -4.21. The first-order valence-electron chi connectivity index (χ1n) is 0.612. The molecule has 0 bridgehead atoms. The second-order valence-electron chi connectivity index (χ2n) is 0.250. The average Bonchev–Trinajstić information content (AvgIpc) is 0.811. The van der Waals surface area contributed by atoms with Crippen LogP contribution >= 0.6 is 0 Å². The van der Waals surface area contributed by atoms with Gasteiger partial charge in [0.05, 0.1) is 0 Å². The van der Waals surface area contributed by atoms with Crippen LogP contribution in [-0.2, 0) is 0 Å². The molecule has 5 nitrogen and oxygen atoms in total. The average molecular weight is 144 g/mol. The Morgan fingerprint density at radius 3 is 1.12 bits per heavy atom. The van der Waals surface area contributed by atoms with Crippen molar-refractivity contribution in [3.63, 3.8) is 0 Å². The Balaban J connectivity index is -0.00000000750. The Hall–Kier alpha value is 0.722. The monoisotopic (exact) mass is 143 g/mol. The quantitative estimate of drug-likeness (QED) is 0.319. The van der Waals surface area contributed by atoms with E-state index in [1.165, 1.54) is 0 Å². The molecule has 8 heavy (non-hydrogen) atoms. The van der Waals surface area contributed by atoms with E-state index in [9.17, 15) is 0 Å². The Morgan fingerprint density at radius 1 is 1.12 bits per heavy atom. The number of carboxylic acid groups (broad SMARTS) is 2. The second-order valence-corrected chi connectivity index (χ2v) is 0.250. The molecule has 0 aliphatic heterocycles. The van der Waals surface area contributed by atoms with Gasteiger partial charge >= 0.3 is 46.1 Å². The number of carbonyl (C=O) groups is 1. The van der Waals surface area contributed by atoms with E-state index >= 15 is 0 Å². The fourth-order valence-corrected chi connectivity index (χ4v) is 0. The van der Waals surface area contributed by atoms with Crippen LogP contribution in [0.4, 0.5) is 4.79 Å². The van der Waals surface area contributed by atoms with Crippen LogP contribution in [0.1, 0.15) is 0 Å². The first-order valence-corrected chi connectivity index (χ1v) is 0.612. The summed E-state index contributed by atoms with van der Waals surface area (Å²) in [6.45, 7) is 0. The number of hydrogen-bond acceptors (Lipinski definition) is 4. The Labute approximate surface area is 78.0 Å². The maximum Gasteiger partial charge on any atom is 2.00 e. The summed E-state index contributed by atoms with van der Waals surface area (Å²) in [4.78, 5) is 8.33. The summed E-state index contributed by atoms with van der Waals surface area (Å²) in [6.07, 6.45) is -2.33. The van der Waals surface area contributed by atoms with Gasteiger partial charge in [0, 0.05) is 0 Å². The van der Waals surface area contributed by atoms with E-state index in [1.807, 2.05) is 0 Å². The van der Waals surface area contributed by atoms with Gasteiger partial charge in [-0.3, -0.25) is 0 Å². The van der Waals surface area contributed by atoms with Crippen LogP contribution in [-0.4, -0.2) is 63.2 Å². The standard InChI is InChI=1S/CH2O3.2Mg.2H2O/c2-1(3)4;;;;/h(H2,2,3,4);;;2*1H2/q;2*+2;;/p-3. The molecule has 0 amide bonds. The number of rotatable bonds is 0. The maximum atomic E-state index is 8.33. The van der Waals surface area contributed by atoms with Gasteiger partial charge in [0.2, 0.25) is 0 Å². The summed E-state index contributed by atoms with van der Waals surface area (Å²) in [5.74, 6) is 0. The van der Waals surface area contributed by atoms with Crippen molar-refractivity contribution in [2.24, 2.45) is 0 Å². The van der Waals surface area contributed by atoms with E-state index < -0.39 is 6.16 Å². The third-order valence-electron chi connectivity index (χ3n) is 0. The molecule has 0 aliphatic carbocycles. The van der Waals surface area contributed by atoms with Crippen molar-refractivity contribution in [1.29, 1.82) is 0 Å². The van der Waals surface area contributed by atoms with Crippen LogP contribution in [0.2, 0.25) is 0 Å². The SMILES string of the molecule is O.O=C([O-])[O-].[Mg+2].[Mg+2].[OH-]. The van der Waals surface area contributed by atoms with Crippen LogP contribution in [0.3, 0.4) is 0 Å². The van der Waals surface area contributed by atoms with Crippen LogP contribution in [0.25, 0.3) is 0 Å². The van der Waals surface area contributed by atoms with Gasteiger partial charge in [0.1, 0.15) is 0 Å². The van der Waals surface area contributed by atoms with Crippen molar-refractivity contribution < 1.29 is 26.0 Å². The first kappa shape index (κ1) is 37.5. The largest absolute Gasteiger partial charge is 2.00 e. The van der Waals surface area contributed by atoms with E-state index in [1.54, 1.807) is 0 Å². The van der Waals surface area contributed by atoms with Gasteiger partial charge in [0.25, 0.3) is 0 Å². The zero-order chi connectivity index (χ0) is 3.58. The third-order valence-corrected chi connectivity index (χ3v) is 0. The number of carbonyl (C=O) groups excluding carboxylic acids is 1. The molecule has 0 fully saturated rings. The molecule has 0 aliphatic rings. The van der Waals surface area contributed by atoms with E-state index in [0.29, 0.717) is 0 Å². The molecule has 0 radical (unpaired) electrons. The molecule has 0 aromatic rings. The van der Waals surface area contributed by atoms with Gasteiger partial charge in [-0.2, -0.15) is 0 Å². The molecular weight excluding hydrogens is 141 g/mol. The van der Waals surface area contributed by atoms with Gasteiger partial charge in [-0.05, 0) is 6.16 Å². The Morgan fingerprint density at radius 2 is 1.12 bits per heavy atom. The van der Waals surface area contributed by atoms with Gasteiger partial charge in [-0.25, -0.2) is 0 Å². The van der Waals surface area contributed by atoms with E-state index in [4.69, 9.17) is 15.0 Å². The summed E-state index contributed by atoms with van der Waals surface area (Å²) in [5.41, 5.74) is 0. The summed E-state index contributed by atoms with van der Waals surface area (Å²) < 4.78 is 0. The van der Waals surface area contributed by atoms with E-state index in [-0.39, 0.29) is 57.1 Å². The third kappa shape index (κ3) is 422. The molecule has 0 aromatic carbocycles. The summed E-state index contributed by atoms with van der Waals surface area (Å²) in [6, 6.07) is 0. The van der Waals surface area contributed by atoms with Crippen LogP contribution in [0.5, 0.6) is 0 Å². The molecule has 0 unspecified atom stereocenters. The molecule has 7 heteroatoms. The molecule has 0 heterocycles. The summed E-state index contributed by atoms with van der Waals surface area (Å²) in [7, 11) is 0. The zero-order valence-electron chi connectivity index (χ0n) is 4.09.